The largest absolute Gasteiger partial charge is 0.350 e. The summed E-state index contributed by atoms with van der Waals surface area (Å²) in [7, 11) is 0. The van der Waals surface area contributed by atoms with Crippen LogP contribution in [0.1, 0.15) is 49.5 Å². The van der Waals surface area contributed by atoms with Gasteiger partial charge < -0.3 is 5.32 Å². The molecule has 1 N–H and O–H groups in total. The quantitative estimate of drug-likeness (QED) is 0.840. The van der Waals surface area contributed by atoms with Gasteiger partial charge >= 0.3 is 0 Å². The van der Waals surface area contributed by atoms with Crippen LogP contribution in [0.15, 0.2) is 12.1 Å². The van der Waals surface area contributed by atoms with Crippen LogP contribution >= 0.6 is 23.2 Å². The third kappa shape index (κ3) is 4.10. The molecule has 0 unspecified atom stereocenters. The van der Waals surface area contributed by atoms with E-state index < -0.39 is 0 Å². The van der Waals surface area contributed by atoms with Gasteiger partial charge in [0.25, 0.3) is 5.91 Å². The Balaban J connectivity index is 1.85. The van der Waals surface area contributed by atoms with Crippen LogP contribution < -0.4 is 5.32 Å². The minimum atomic E-state index is -0.241. The molecule has 5 heteroatoms. The van der Waals surface area contributed by atoms with Gasteiger partial charge in [-0.05, 0) is 36.8 Å². The first kappa shape index (κ1) is 15.6. The predicted octanol–water partition coefficient (Wildman–Crippen LogP) is 4.33. The van der Waals surface area contributed by atoms with E-state index in [1.165, 1.54) is 32.1 Å². The van der Waals surface area contributed by atoms with Gasteiger partial charge in [-0.3, -0.25) is 4.79 Å². The highest BCUT2D eigenvalue weighted by Crippen LogP contribution is 2.30. The first-order valence-electron chi connectivity index (χ1n) is 7.20. The number of halogens is 2. The van der Waals surface area contributed by atoms with Gasteiger partial charge in [0.2, 0.25) is 0 Å². The molecule has 110 valence electrons. The van der Waals surface area contributed by atoms with Gasteiger partial charge in [0.05, 0.1) is 5.02 Å². The Hall–Kier alpha value is -0.800. The van der Waals surface area contributed by atoms with Crippen molar-refractivity contribution in [3.63, 3.8) is 0 Å². The fourth-order valence-corrected chi connectivity index (χ4v) is 3.08. The zero-order chi connectivity index (χ0) is 14.5. The van der Waals surface area contributed by atoms with Crippen LogP contribution in [0.2, 0.25) is 10.2 Å². The van der Waals surface area contributed by atoms with Gasteiger partial charge in [0.1, 0.15) is 10.8 Å². The molecule has 1 heterocycles. The molecule has 1 aromatic rings. The third-order valence-electron chi connectivity index (χ3n) is 4.12. The van der Waals surface area contributed by atoms with Gasteiger partial charge in [-0.15, -0.1) is 0 Å². The number of hydrogen-bond donors (Lipinski definition) is 1. The molecule has 20 heavy (non-hydrogen) atoms. The lowest BCUT2D eigenvalue weighted by molar-refractivity contribution is 0.0936. The minimum Gasteiger partial charge on any atom is -0.350 e. The summed E-state index contributed by atoms with van der Waals surface area (Å²) in [5.41, 5.74) is 0.210. The molecule has 0 spiro atoms. The molecule has 1 aromatic heterocycles. The summed E-state index contributed by atoms with van der Waals surface area (Å²) in [6, 6.07) is 3.17. The number of amides is 1. The van der Waals surface area contributed by atoms with Gasteiger partial charge in [-0.2, -0.15) is 0 Å². The summed E-state index contributed by atoms with van der Waals surface area (Å²) in [4.78, 5) is 16.0. The monoisotopic (exact) mass is 314 g/mol. The van der Waals surface area contributed by atoms with Gasteiger partial charge in [0.15, 0.2) is 0 Å². The number of nitrogens with one attached hydrogen (secondary N) is 1. The summed E-state index contributed by atoms with van der Waals surface area (Å²) in [6.07, 6.45) is 6.19. The topological polar surface area (TPSA) is 42.0 Å². The van der Waals surface area contributed by atoms with Gasteiger partial charge in [-0.1, -0.05) is 49.4 Å². The molecule has 0 aliphatic heterocycles. The van der Waals surface area contributed by atoms with Crippen LogP contribution in [0.25, 0.3) is 0 Å². The molecule has 2 rings (SSSR count). The van der Waals surface area contributed by atoms with E-state index in [-0.39, 0.29) is 16.8 Å². The SMILES string of the molecule is CCC1CCC(CNC(=O)c2nc(Cl)ccc2Cl)CC1. The highest BCUT2D eigenvalue weighted by atomic mass is 35.5. The van der Waals surface area contributed by atoms with Gasteiger partial charge in [0, 0.05) is 6.54 Å². The Bertz CT molecular complexity index is 471. The Morgan fingerprint density at radius 1 is 1.25 bits per heavy atom. The molecular formula is C15H20Cl2N2O. The van der Waals surface area contributed by atoms with Crippen molar-refractivity contribution in [3.05, 3.63) is 28.0 Å². The molecule has 1 fully saturated rings. The number of nitrogens with zero attached hydrogens (tertiary/aromatic N) is 1. The van der Waals surface area contributed by atoms with Crippen molar-refractivity contribution in [2.24, 2.45) is 11.8 Å². The number of carbonyl (C=O) groups is 1. The highest BCUT2D eigenvalue weighted by Gasteiger charge is 2.21. The van der Waals surface area contributed by atoms with E-state index in [1.54, 1.807) is 12.1 Å². The Morgan fingerprint density at radius 2 is 1.90 bits per heavy atom. The number of rotatable bonds is 4. The van der Waals surface area contributed by atoms with E-state index in [9.17, 15) is 4.79 Å². The van der Waals surface area contributed by atoms with Crippen LogP contribution in [0.5, 0.6) is 0 Å². The molecule has 0 bridgehead atoms. The van der Waals surface area contributed by atoms with Crippen molar-refractivity contribution in [1.82, 2.24) is 10.3 Å². The second-order valence-corrected chi connectivity index (χ2v) is 6.26. The van der Waals surface area contributed by atoms with E-state index in [0.717, 1.165) is 5.92 Å². The maximum Gasteiger partial charge on any atom is 0.271 e. The first-order valence-corrected chi connectivity index (χ1v) is 7.96. The highest BCUT2D eigenvalue weighted by molar-refractivity contribution is 6.34. The number of pyridine rings is 1. The molecule has 0 saturated heterocycles. The molecule has 1 aliphatic carbocycles. The summed E-state index contributed by atoms with van der Waals surface area (Å²) in [5.74, 6) is 1.20. The van der Waals surface area contributed by atoms with Crippen molar-refractivity contribution in [1.29, 1.82) is 0 Å². The molecule has 0 atom stereocenters. The Labute approximate surface area is 130 Å². The fraction of sp³-hybridized carbons (Fsp3) is 0.600. The maximum absolute atomic E-state index is 12.1. The van der Waals surface area contributed by atoms with E-state index in [2.05, 4.69) is 17.2 Å². The molecule has 0 aromatic carbocycles. The van der Waals surface area contributed by atoms with E-state index >= 15 is 0 Å². The zero-order valence-corrected chi connectivity index (χ0v) is 13.2. The molecule has 1 amide bonds. The van der Waals surface area contributed by atoms with Crippen LogP contribution in [-0.4, -0.2) is 17.4 Å². The fourth-order valence-electron chi connectivity index (χ4n) is 2.74. The first-order chi connectivity index (χ1) is 9.60. The van der Waals surface area contributed by atoms with Gasteiger partial charge in [-0.25, -0.2) is 4.98 Å². The minimum absolute atomic E-state index is 0.210. The lowest BCUT2D eigenvalue weighted by Gasteiger charge is -2.27. The second kappa shape index (κ2) is 7.28. The zero-order valence-electron chi connectivity index (χ0n) is 11.7. The normalized spacial score (nSPS) is 22.6. The number of hydrogen-bond acceptors (Lipinski definition) is 2. The van der Waals surface area contributed by atoms with Crippen LogP contribution in [-0.2, 0) is 0 Å². The Kier molecular flexibility index (Phi) is 5.67. The molecular weight excluding hydrogens is 295 g/mol. The summed E-state index contributed by atoms with van der Waals surface area (Å²) < 4.78 is 0. The standard InChI is InChI=1S/C15H20Cl2N2O/c1-2-10-3-5-11(6-4-10)9-18-15(20)14-12(16)7-8-13(17)19-14/h7-8,10-11H,2-6,9H2,1H3,(H,18,20). The van der Waals surface area contributed by atoms with Crippen molar-refractivity contribution in [2.45, 2.75) is 39.0 Å². The maximum atomic E-state index is 12.1. The lowest BCUT2D eigenvalue weighted by Crippen LogP contribution is -2.32. The van der Waals surface area contributed by atoms with Crippen LogP contribution in [0.3, 0.4) is 0 Å². The predicted molar refractivity (Wildman–Crippen MR) is 82.3 cm³/mol. The average molecular weight is 315 g/mol. The molecule has 3 nitrogen and oxygen atoms in total. The summed E-state index contributed by atoms with van der Waals surface area (Å²) >= 11 is 11.8. The summed E-state index contributed by atoms with van der Waals surface area (Å²) in [5, 5.41) is 3.54. The smallest absolute Gasteiger partial charge is 0.271 e. The Morgan fingerprint density at radius 3 is 2.55 bits per heavy atom. The van der Waals surface area contributed by atoms with Crippen molar-refractivity contribution < 1.29 is 4.79 Å². The molecule has 0 radical (unpaired) electrons. The number of aromatic nitrogens is 1. The third-order valence-corrected chi connectivity index (χ3v) is 4.64. The van der Waals surface area contributed by atoms with Crippen molar-refractivity contribution >= 4 is 29.1 Å². The second-order valence-electron chi connectivity index (χ2n) is 5.47. The summed E-state index contributed by atoms with van der Waals surface area (Å²) in [6.45, 7) is 2.94. The molecule has 1 saturated carbocycles. The van der Waals surface area contributed by atoms with Crippen molar-refractivity contribution in [3.8, 4) is 0 Å². The van der Waals surface area contributed by atoms with E-state index in [1.807, 2.05) is 0 Å². The van der Waals surface area contributed by atoms with Crippen LogP contribution in [0.4, 0.5) is 0 Å². The average Bonchev–Trinajstić information content (AvgIpc) is 2.47. The van der Waals surface area contributed by atoms with Crippen LogP contribution in [0, 0.1) is 11.8 Å². The molecule has 1 aliphatic rings. The lowest BCUT2D eigenvalue weighted by atomic mass is 9.81. The number of carbonyl (C=O) groups excluding carboxylic acids is 1. The van der Waals surface area contributed by atoms with E-state index in [0.29, 0.717) is 17.5 Å². The van der Waals surface area contributed by atoms with E-state index in [4.69, 9.17) is 23.2 Å². The van der Waals surface area contributed by atoms with Crippen molar-refractivity contribution in [2.75, 3.05) is 6.54 Å².